The molecule has 22 heavy (non-hydrogen) atoms. The number of benzene rings is 1. The highest BCUT2D eigenvalue weighted by molar-refractivity contribution is 6.20. The SMILES string of the molecule is CN1C(=O)C(=CC=Cc2c(F)cccc2F)C(=O)N(C)C1O. The quantitative estimate of drug-likeness (QED) is 0.658. The van der Waals surface area contributed by atoms with Gasteiger partial charge in [-0.25, -0.2) is 8.78 Å². The van der Waals surface area contributed by atoms with Crippen LogP contribution in [0.25, 0.3) is 6.08 Å². The van der Waals surface area contributed by atoms with Gasteiger partial charge in [0, 0.05) is 19.7 Å². The number of aliphatic hydroxyl groups is 1. The van der Waals surface area contributed by atoms with Crippen molar-refractivity contribution in [2.75, 3.05) is 14.1 Å². The van der Waals surface area contributed by atoms with E-state index in [9.17, 15) is 23.5 Å². The summed E-state index contributed by atoms with van der Waals surface area (Å²) in [5, 5.41) is 9.65. The summed E-state index contributed by atoms with van der Waals surface area (Å²) < 4.78 is 26.9. The highest BCUT2D eigenvalue weighted by Crippen LogP contribution is 2.18. The Morgan fingerprint density at radius 3 is 2.09 bits per heavy atom. The number of hydrogen-bond acceptors (Lipinski definition) is 3. The van der Waals surface area contributed by atoms with Crippen molar-refractivity contribution in [3.8, 4) is 0 Å². The summed E-state index contributed by atoms with van der Waals surface area (Å²) in [6, 6.07) is 3.44. The summed E-state index contributed by atoms with van der Waals surface area (Å²) in [4.78, 5) is 25.8. The molecular formula is C15H14F2N2O3. The molecule has 1 aliphatic rings. The second-order valence-electron chi connectivity index (χ2n) is 4.75. The van der Waals surface area contributed by atoms with Gasteiger partial charge in [0.05, 0.1) is 0 Å². The van der Waals surface area contributed by atoms with Crippen molar-refractivity contribution >= 4 is 17.9 Å². The molecule has 2 rings (SSSR count). The Morgan fingerprint density at radius 2 is 1.59 bits per heavy atom. The molecule has 1 fully saturated rings. The summed E-state index contributed by atoms with van der Waals surface area (Å²) in [7, 11) is 2.67. The monoisotopic (exact) mass is 308 g/mol. The molecule has 0 aliphatic carbocycles. The van der Waals surface area contributed by atoms with E-state index in [4.69, 9.17) is 0 Å². The lowest BCUT2D eigenvalue weighted by Gasteiger charge is -2.36. The lowest BCUT2D eigenvalue weighted by Crippen LogP contribution is -2.56. The maximum absolute atomic E-state index is 13.4. The molecule has 1 aromatic carbocycles. The van der Waals surface area contributed by atoms with Crippen LogP contribution in [0.1, 0.15) is 5.56 Å². The minimum absolute atomic E-state index is 0.205. The van der Waals surface area contributed by atoms with Crippen LogP contribution >= 0.6 is 0 Å². The number of carbonyl (C=O) groups excluding carboxylic acids is 2. The van der Waals surface area contributed by atoms with Gasteiger partial charge in [0.2, 0.25) is 6.35 Å². The predicted octanol–water partition coefficient (Wildman–Crippen LogP) is 1.11. The zero-order chi connectivity index (χ0) is 16.4. The van der Waals surface area contributed by atoms with Gasteiger partial charge in [0.25, 0.3) is 11.8 Å². The average molecular weight is 308 g/mol. The minimum atomic E-state index is -1.34. The summed E-state index contributed by atoms with van der Waals surface area (Å²) in [5.41, 5.74) is -0.472. The van der Waals surface area contributed by atoms with Crippen molar-refractivity contribution < 1.29 is 23.5 Å². The van der Waals surface area contributed by atoms with Crippen LogP contribution < -0.4 is 0 Å². The average Bonchev–Trinajstić information content (AvgIpc) is 2.49. The maximum atomic E-state index is 13.4. The molecule has 0 radical (unpaired) electrons. The Hall–Kier alpha value is -2.54. The van der Waals surface area contributed by atoms with Gasteiger partial charge < -0.3 is 5.11 Å². The number of carbonyl (C=O) groups is 2. The van der Waals surface area contributed by atoms with Crippen molar-refractivity contribution in [3.05, 3.63) is 53.1 Å². The molecular weight excluding hydrogens is 294 g/mol. The molecule has 0 aromatic heterocycles. The molecule has 7 heteroatoms. The Balaban J connectivity index is 2.31. The second kappa shape index (κ2) is 6.07. The van der Waals surface area contributed by atoms with Crippen molar-refractivity contribution in [1.82, 2.24) is 9.80 Å². The van der Waals surface area contributed by atoms with E-state index < -0.39 is 29.8 Å². The van der Waals surface area contributed by atoms with Gasteiger partial charge in [0.1, 0.15) is 17.2 Å². The first-order chi connectivity index (χ1) is 10.3. The Morgan fingerprint density at radius 1 is 1.09 bits per heavy atom. The summed E-state index contributed by atoms with van der Waals surface area (Å²) in [6.07, 6.45) is 2.16. The van der Waals surface area contributed by atoms with Crippen molar-refractivity contribution in [3.63, 3.8) is 0 Å². The van der Waals surface area contributed by atoms with Crippen LogP contribution in [0.2, 0.25) is 0 Å². The number of likely N-dealkylation sites (N-methyl/N-ethyl adjacent to an activating group) is 2. The number of aliphatic hydroxyl groups excluding tert-OH is 1. The lowest BCUT2D eigenvalue weighted by atomic mass is 10.1. The van der Waals surface area contributed by atoms with Gasteiger partial charge in [-0.05, 0) is 24.3 Å². The molecule has 1 aromatic rings. The molecule has 1 saturated heterocycles. The van der Waals surface area contributed by atoms with Crippen LogP contribution in [0.4, 0.5) is 8.78 Å². The molecule has 1 aliphatic heterocycles. The first-order valence-electron chi connectivity index (χ1n) is 6.39. The van der Waals surface area contributed by atoms with Gasteiger partial charge >= 0.3 is 0 Å². The van der Waals surface area contributed by atoms with Gasteiger partial charge in [0.15, 0.2) is 0 Å². The fourth-order valence-corrected chi connectivity index (χ4v) is 1.99. The molecule has 5 nitrogen and oxygen atoms in total. The lowest BCUT2D eigenvalue weighted by molar-refractivity contribution is -0.167. The first kappa shape index (κ1) is 15.8. The summed E-state index contributed by atoms with van der Waals surface area (Å²) in [5.74, 6) is -2.84. The molecule has 2 amide bonds. The highest BCUT2D eigenvalue weighted by atomic mass is 19.1. The van der Waals surface area contributed by atoms with Crippen LogP contribution in [0.5, 0.6) is 0 Å². The number of allylic oxidation sites excluding steroid dienone is 2. The fourth-order valence-electron chi connectivity index (χ4n) is 1.99. The second-order valence-corrected chi connectivity index (χ2v) is 4.75. The van der Waals surface area contributed by atoms with Crippen LogP contribution in [0, 0.1) is 11.6 Å². The molecule has 116 valence electrons. The standard InChI is InChI=1S/C15H14F2N2O3/c1-18-13(20)10(14(21)19(2)15(18)22)6-3-5-9-11(16)7-4-8-12(9)17/h3-8,15,22H,1-2H3. The van der Waals surface area contributed by atoms with E-state index in [-0.39, 0.29) is 11.1 Å². The van der Waals surface area contributed by atoms with Crippen molar-refractivity contribution in [1.29, 1.82) is 0 Å². The number of amides is 2. The molecule has 1 N–H and O–H groups in total. The summed E-state index contributed by atoms with van der Waals surface area (Å²) in [6.45, 7) is 0. The molecule has 1 heterocycles. The summed E-state index contributed by atoms with van der Waals surface area (Å²) >= 11 is 0. The topological polar surface area (TPSA) is 60.9 Å². The Bertz CT molecular complexity index is 641. The minimum Gasteiger partial charge on any atom is -0.356 e. The van der Waals surface area contributed by atoms with Gasteiger partial charge in [-0.1, -0.05) is 12.1 Å². The predicted molar refractivity (Wildman–Crippen MR) is 75.0 cm³/mol. The number of hydrogen-bond donors (Lipinski definition) is 1. The Kier molecular flexibility index (Phi) is 4.37. The zero-order valence-corrected chi connectivity index (χ0v) is 12.0. The fraction of sp³-hybridized carbons (Fsp3) is 0.200. The normalized spacial score (nSPS) is 19.3. The van der Waals surface area contributed by atoms with Gasteiger partial charge in [-0.15, -0.1) is 0 Å². The van der Waals surface area contributed by atoms with Crippen molar-refractivity contribution in [2.24, 2.45) is 0 Å². The zero-order valence-electron chi connectivity index (χ0n) is 12.0. The number of rotatable bonds is 2. The van der Waals surface area contributed by atoms with Gasteiger partial charge in [-0.2, -0.15) is 0 Å². The molecule has 0 unspecified atom stereocenters. The molecule has 0 spiro atoms. The molecule has 0 saturated carbocycles. The van der Waals surface area contributed by atoms with E-state index in [0.717, 1.165) is 34.1 Å². The van der Waals surface area contributed by atoms with E-state index in [0.29, 0.717) is 0 Å². The van der Waals surface area contributed by atoms with Crippen molar-refractivity contribution in [2.45, 2.75) is 6.35 Å². The van der Waals surface area contributed by atoms with E-state index >= 15 is 0 Å². The van der Waals surface area contributed by atoms with Crippen LogP contribution in [0.3, 0.4) is 0 Å². The van der Waals surface area contributed by atoms with E-state index in [1.807, 2.05) is 0 Å². The molecule has 0 atom stereocenters. The van der Waals surface area contributed by atoms with Crippen LogP contribution in [-0.4, -0.2) is 47.2 Å². The van der Waals surface area contributed by atoms with Crippen LogP contribution in [0.15, 0.2) is 35.9 Å². The third kappa shape index (κ3) is 2.75. The van der Waals surface area contributed by atoms with E-state index in [1.54, 1.807) is 0 Å². The maximum Gasteiger partial charge on any atom is 0.262 e. The van der Waals surface area contributed by atoms with Crippen LogP contribution in [-0.2, 0) is 9.59 Å². The molecule has 0 bridgehead atoms. The third-order valence-corrected chi connectivity index (χ3v) is 3.32. The smallest absolute Gasteiger partial charge is 0.262 e. The number of halogens is 2. The van der Waals surface area contributed by atoms with E-state index in [1.165, 1.54) is 26.2 Å². The largest absolute Gasteiger partial charge is 0.356 e. The third-order valence-electron chi connectivity index (χ3n) is 3.32. The first-order valence-corrected chi connectivity index (χ1v) is 6.39. The van der Waals surface area contributed by atoms with E-state index in [2.05, 4.69) is 0 Å². The number of nitrogens with zero attached hydrogens (tertiary/aromatic N) is 2. The Labute approximate surface area is 125 Å². The van der Waals surface area contributed by atoms with Gasteiger partial charge in [-0.3, -0.25) is 19.4 Å². The highest BCUT2D eigenvalue weighted by Gasteiger charge is 2.37.